The Bertz CT molecular complexity index is 1520. The standard InChI is InChI=1S/C37H52ClN3O5/c1-8-9-10-15-22-40-23-28-24-16-11-12-17-26(24)32(38)30-25(28)19-20-27(31(30)34(43)45-36(2,3)4)33(42)29(18-13-14-21-39)41-35(44)46-37(5,6)7/h11-12,16-17,19-20,29,40H,8-10,13-15,18,21-23,39H2,1-7H3,(H,41,44)/t29-/m0/s1. The van der Waals surface area contributed by atoms with Crippen LogP contribution in [-0.2, 0) is 16.0 Å². The van der Waals surface area contributed by atoms with Crippen molar-refractivity contribution >= 4 is 51.0 Å². The maximum absolute atomic E-state index is 14.4. The summed E-state index contributed by atoms with van der Waals surface area (Å²) in [6.07, 6.45) is 5.46. The lowest BCUT2D eigenvalue weighted by molar-refractivity contribution is 0.00699. The minimum absolute atomic E-state index is 0.0900. The molecule has 0 spiro atoms. The van der Waals surface area contributed by atoms with Gasteiger partial charge < -0.3 is 25.8 Å². The highest BCUT2D eigenvalue weighted by molar-refractivity contribution is 6.42. The normalized spacial score (nSPS) is 12.7. The molecule has 1 atom stereocenters. The van der Waals surface area contributed by atoms with E-state index in [1.54, 1.807) is 47.6 Å². The fraction of sp³-hybridized carbons (Fsp3) is 0.541. The van der Waals surface area contributed by atoms with Crippen LogP contribution in [0, 0.1) is 0 Å². The molecule has 3 rings (SSSR count). The van der Waals surface area contributed by atoms with Gasteiger partial charge in [-0.2, -0.15) is 0 Å². The number of esters is 1. The first-order valence-electron chi connectivity index (χ1n) is 16.5. The van der Waals surface area contributed by atoms with Crippen molar-refractivity contribution in [3.05, 3.63) is 58.1 Å². The molecule has 0 aromatic heterocycles. The number of hydrogen-bond donors (Lipinski definition) is 3. The number of ether oxygens (including phenoxy) is 2. The summed E-state index contributed by atoms with van der Waals surface area (Å²) in [5.74, 6) is -1.08. The van der Waals surface area contributed by atoms with Crippen molar-refractivity contribution in [1.82, 2.24) is 10.6 Å². The molecule has 9 heteroatoms. The molecule has 46 heavy (non-hydrogen) atoms. The largest absolute Gasteiger partial charge is 0.456 e. The number of alkyl carbamates (subject to hydrolysis) is 1. The lowest BCUT2D eigenvalue weighted by Gasteiger charge is -2.25. The maximum Gasteiger partial charge on any atom is 0.408 e. The van der Waals surface area contributed by atoms with E-state index in [1.165, 1.54) is 12.8 Å². The van der Waals surface area contributed by atoms with Crippen LogP contribution in [0.15, 0.2) is 36.4 Å². The van der Waals surface area contributed by atoms with Crippen molar-refractivity contribution in [2.24, 2.45) is 5.73 Å². The number of ketones is 1. The van der Waals surface area contributed by atoms with Crippen molar-refractivity contribution in [1.29, 1.82) is 0 Å². The highest BCUT2D eigenvalue weighted by Gasteiger charge is 2.32. The molecule has 0 saturated carbocycles. The van der Waals surface area contributed by atoms with Crippen molar-refractivity contribution < 1.29 is 23.9 Å². The van der Waals surface area contributed by atoms with Gasteiger partial charge in [0.25, 0.3) is 0 Å². The van der Waals surface area contributed by atoms with E-state index in [1.807, 2.05) is 30.3 Å². The quantitative estimate of drug-likeness (QED) is 0.0651. The molecule has 0 saturated heterocycles. The van der Waals surface area contributed by atoms with E-state index >= 15 is 0 Å². The summed E-state index contributed by atoms with van der Waals surface area (Å²) in [7, 11) is 0. The average molecular weight is 654 g/mol. The van der Waals surface area contributed by atoms with Crippen LogP contribution >= 0.6 is 11.6 Å². The number of hydrogen-bond acceptors (Lipinski definition) is 7. The Hall–Kier alpha value is -3.20. The second-order valence-corrected chi connectivity index (χ2v) is 14.2. The van der Waals surface area contributed by atoms with Crippen LogP contribution in [0.3, 0.4) is 0 Å². The summed E-state index contributed by atoms with van der Waals surface area (Å²) in [6.45, 7) is 14.7. The van der Waals surface area contributed by atoms with Crippen LogP contribution in [0.25, 0.3) is 21.5 Å². The molecule has 0 bridgehead atoms. The highest BCUT2D eigenvalue weighted by atomic mass is 35.5. The first-order chi connectivity index (χ1) is 21.7. The summed E-state index contributed by atoms with van der Waals surface area (Å²) >= 11 is 7.16. The van der Waals surface area contributed by atoms with Crippen LogP contribution in [0.2, 0.25) is 5.02 Å². The lowest BCUT2D eigenvalue weighted by atomic mass is 9.88. The molecule has 8 nitrogen and oxygen atoms in total. The van der Waals surface area contributed by atoms with Gasteiger partial charge >= 0.3 is 12.1 Å². The Morgan fingerprint density at radius 2 is 1.52 bits per heavy atom. The molecule has 0 radical (unpaired) electrons. The van der Waals surface area contributed by atoms with Gasteiger partial charge in [-0.25, -0.2) is 9.59 Å². The van der Waals surface area contributed by atoms with Crippen molar-refractivity contribution in [3.8, 4) is 0 Å². The molecule has 0 aliphatic rings. The number of Topliss-reactive ketones (excluding diaryl/α,β-unsaturated/α-hetero) is 1. The number of carbonyl (C=O) groups excluding carboxylic acids is 3. The van der Waals surface area contributed by atoms with Gasteiger partial charge in [-0.05, 0) is 103 Å². The highest BCUT2D eigenvalue weighted by Crippen LogP contribution is 2.40. The zero-order valence-corrected chi connectivity index (χ0v) is 29.4. The number of fused-ring (bicyclic) bond motifs is 2. The van der Waals surface area contributed by atoms with Gasteiger partial charge in [-0.15, -0.1) is 0 Å². The predicted molar refractivity (Wildman–Crippen MR) is 188 cm³/mol. The summed E-state index contributed by atoms with van der Waals surface area (Å²) in [5, 5.41) is 9.67. The molecule has 0 aliphatic heterocycles. The monoisotopic (exact) mass is 653 g/mol. The van der Waals surface area contributed by atoms with Crippen LogP contribution in [0.4, 0.5) is 4.79 Å². The van der Waals surface area contributed by atoms with Gasteiger partial charge in [0.15, 0.2) is 5.78 Å². The van der Waals surface area contributed by atoms with E-state index in [0.717, 1.165) is 41.1 Å². The average Bonchev–Trinajstić information content (AvgIpc) is 2.97. The van der Waals surface area contributed by atoms with Gasteiger partial charge in [-0.1, -0.05) is 68.1 Å². The second-order valence-electron chi connectivity index (χ2n) is 13.8. The lowest BCUT2D eigenvalue weighted by Crippen LogP contribution is -2.44. The molecule has 0 unspecified atom stereocenters. The van der Waals surface area contributed by atoms with Gasteiger partial charge in [-0.3, -0.25) is 4.79 Å². The van der Waals surface area contributed by atoms with E-state index in [-0.39, 0.29) is 11.1 Å². The minimum atomic E-state index is -0.955. The van der Waals surface area contributed by atoms with Gasteiger partial charge in [0.2, 0.25) is 0 Å². The third kappa shape index (κ3) is 10.1. The van der Waals surface area contributed by atoms with Crippen LogP contribution in [0.5, 0.6) is 0 Å². The third-order valence-electron chi connectivity index (χ3n) is 7.57. The Labute approximate surface area is 279 Å². The Balaban J connectivity index is 2.23. The number of halogens is 1. The summed E-state index contributed by atoms with van der Waals surface area (Å²) in [6, 6.07) is 10.4. The van der Waals surface area contributed by atoms with Crippen molar-refractivity contribution in [2.45, 2.75) is 117 Å². The zero-order valence-electron chi connectivity index (χ0n) is 28.6. The fourth-order valence-electron chi connectivity index (χ4n) is 5.53. The first kappa shape index (κ1) is 37.3. The van der Waals surface area contributed by atoms with Crippen LogP contribution in [0.1, 0.15) is 120 Å². The Morgan fingerprint density at radius 3 is 2.15 bits per heavy atom. The van der Waals surface area contributed by atoms with E-state index < -0.39 is 35.1 Å². The van der Waals surface area contributed by atoms with Crippen molar-refractivity contribution in [3.63, 3.8) is 0 Å². The van der Waals surface area contributed by atoms with E-state index in [0.29, 0.717) is 42.8 Å². The molecule has 0 fully saturated rings. The second kappa shape index (κ2) is 16.6. The number of benzene rings is 3. The predicted octanol–water partition coefficient (Wildman–Crippen LogP) is 8.48. The van der Waals surface area contributed by atoms with Gasteiger partial charge in [0.05, 0.1) is 16.6 Å². The third-order valence-corrected chi connectivity index (χ3v) is 7.96. The molecular weight excluding hydrogens is 602 g/mol. The molecule has 252 valence electrons. The molecule has 1 amide bonds. The molecule has 0 aliphatic carbocycles. The SMILES string of the molecule is CCCCCCNCc1c2ccccc2c(Cl)c2c(C(=O)OC(C)(C)C)c(C(=O)[C@H](CCCCN)NC(=O)OC(C)(C)C)ccc12. The smallest absolute Gasteiger partial charge is 0.408 e. The number of unbranched alkanes of at least 4 members (excludes halogenated alkanes) is 4. The van der Waals surface area contributed by atoms with E-state index in [9.17, 15) is 14.4 Å². The Morgan fingerprint density at radius 1 is 0.848 bits per heavy atom. The molecule has 3 aromatic carbocycles. The molecule has 4 N–H and O–H groups in total. The molecular formula is C37H52ClN3O5. The minimum Gasteiger partial charge on any atom is -0.456 e. The maximum atomic E-state index is 14.4. The Kier molecular flexibility index (Phi) is 13.4. The van der Waals surface area contributed by atoms with E-state index in [4.69, 9.17) is 26.8 Å². The van der Waals surface area contributed by atoms with Gasteiger partial charge in [0.1, 0.15) is 11.2 Å². The van der Waals surface area contributed by atoms with E-state index in [2.05, 4.69) is 17.6 Å². The number of amides is 1. The summed E-state index contributed by atoms with van der Waals surface area (Å²) in [5.41, 5.74) is 5.35. The number of nitrogens with one attached hydrogen (secondary N) is 2. The van der Waals surface area contributed by atoms with Gasteiger partial charge in [0, 0.05) is 22.9 Å². The fourth-order valence-corrected chi connectivity index (χ4v) is 5.89. The van der Waals surface area contributed by atoms with Crippen molar-refractivity contribution in [2.75, 3.05) is 13.1 Å². The first-order valence-corrected chi connectivity index (χ1v) is 16.9. The number of nitrogens with two attached hydrogens (primary N) is 1. The van der Waals surface area contributed by atoms with Crippen LogP contribution < -0.4 is 16.4 Å². The topological polar surface area (TPSA) is 120 Å². The molecule has 3 aromatic rings. The summed E-state index contributed by atoms with van der Waals surface area (Å²) in [4.78, 5) is 41.3. The number of carbonyl (C=O) groups is 3. The zero-order chi connectivity index (χ0) is 34.1. The number of rotatable bonds is 15. The summed E-state index contributed by atoms with van der Waals surface area (Å²) < 4.78 is 11.4. The molecule has 0 heterocycles. The van der Waals surface area contributed by atoms with Crippen LogP contribution in [-0.4, -0.2) is 48.2 Å².